The van der Waals surface area contributed by atoms with Crippen molar-refractivity contribution in [1.82, 2.24) is 29.7 Å². The summed E-state index contributed by atoms with van der Waals surface area (Å²) < 4.78 is 15.7. The number of imidazole rings is 1. The highest BCUT2D eigenvalue weighted by Crippen LogP contribution is 2.20. The summed E-state index contributed by atoms with van der Waals surface area (Å²) in [6.07, 6.45) is 5.47. The van der Waals surface area contributed by atoms with Crippen LogP contribution in [0, 0.1) is 13.8 Å². The van der Waals surface area contributed by atoms with E-state index in [2.05, 4.69) is 30.6 Å². The maximum atomic E-state index is 13.9. The summed E-state index contributed by atoms with van der Waals surface area (Å²) in [5.41, 5.74) is 2.48. The molecule has 0 spiro atoms. The smallest absolute Gasteiger partial charge is 0.277 e. The molecule has 4 heterocycles. The third-order valence-corrected chi connectivity index (χ3v) is 4.78. The molecule has 1 aliphatic heterocycles. The monoisotopic (exact) mass is 384 g/mol. The van der Waals surface area contributed by atoms with Gasteiger partial charge in [0.25, 0.3) is 5.91 Å². The standard InChI is InChI=1S/C18H21FN8O/c1-10-6-27-9-15(24-11(2)17(27)23-10)25-18(28)13-4-22-16(5-21-13)26-7-12(19)14(8-26)20-3/h4-6,9,12,14,20H,7-8H2,1-3H3,(H,25,28). The quantitative estimate of drug-likeness (QED) is 0.696. The first-order chi connectivity index (χ1) is 13.4. The maximum Gasteiger partial charge on any atom is 0.277 e. The van der Waals surface area contributed by atoms with Gasteiger partial charge in [-0.05, 0) is 20.9 Å². The van der Waals surface area contributed by atoms with Crippen molar-refractivity contribution in [1.29, 1.82) is 0 Å². The Morgan fingerprint density at radius 3 is 2.68 bits per heavy atom. The zero-order valence-corrected chi connectivity index (χ0v) is 15.8. The van der Waals surface area contributed by atoms with E-state index in [0.29, 0.717) is 23.9 Å². The van der Waals surface area contributed by atoms with Gasteiger partial charge in [0.05, 0.1) is 42.6 Å². The fourth-order valence-electron chi connectivity index (χ4n) is 3.34. The van der Waals surface area contributed by atoms with Gasteiger partial charge in [0.1, 0.15) is 23.5 Å². The van der Waals surface area contributed by atoms with E-state index in [4.69, 9.17) is 0 Å². The first kappa shape index (κ1) is 18.2. The molecular weight excluding hydrogens is 363 g/mol. The Hall–Kier alpha value is -3.14. The third-order valence-electron chi connectivity index (χ3n) is 4.78. The Labute approximate surface area is 161 Å². The molecule has 1 saturated heterocycles. The van der Waals surface area contributed by atoms with Gasteiger partial charge in [0.15, 0.2) is 5.65 Å². The van der Waals surface area contributed by atoms with Crippen molar-refractivity contribution in [3.63, 3.8) is 0 Å². The predicted molar refractivity (Wildman–Crippen MR) is 102 cm³/mol. The first-order valence-electron chi connectivity index (χ1n) is 8.97. The van der Waals surface area contributed by atoms with E-state index in [1.165, 1.54) is 12.4 Å². The van der Waals surface area contributed by atoms with Crippen molar-refractivity contribution in [2.45, 2.75) is 26.1 Å². The highest BCUT2D eigenvalue weighted by Gasteiger charge is 2.32. The number of aryl methyl sites for hydroxylation is 2. The fraction of sp³-hybridized carbons (Fsp3) is 0.389. The second-order valence-corrected chi connectivity index (χ2v) is 6.85. The Balaban J connectivity index is 1.48. The van der Waals surface area contributed by atoms with Crippen LogP contribution < -0.4 is 15.5 Å². The summed E-state index contributed by atoms with van der Waals surface area (Å²) >= 11 is 0. The van der Waals surface area contributed by atoms with Crippen LogP contribution in [0.25, 0.3) is 5.65 Å². The van der Waals surface area contributed by atoms with Gasteiger partial charge in [-0.3, -0.25) is 4.79 Å². The zero-order chi connectivity index (χ0) is 19.8. The van der Waals surface area contributed by atoms with E-state index in [9.17, 15) is 9.18 Å². The number of fused-ring (bicyclic) bond motifs is 1. The molecule has 0 aromatic carbocycles. The summed E-state index contributed by atoms with van der Waals surface area (Å²) in [7, 11) is 1.73. The molecule has 10 heteroatoms. The van der Waals surface area contributed by atoms with Crippen LogP contribution >= 0.6 is 0 Å². The summed E-state index contributed by atoms with van der Waals surface area (Å²) in [5, 5.41) is 5.67. The van der Waals surface area contributed by atoms with E-state index in [-0.39, 0.29) is 18.3 Å². The zero-order valence-electron chi connectivity index (χ0n) is 15.8. The number of carbonyl (C=O) groups excluding carboxylic acids is 1. The normalized spacial score (nSPS) is 19.4. The number of anilines is 2. The fourth-order valence-corrected chi connectivity index (χ4v) is 3.34. The van der Waals surface area contributed by atoms with Crippen molar-refractivity contribution in [2.24, 2.45) is 0 Å². The molecule has 9 nitrogen and oxygen atoms in total. The summed E-state index contributed by atoms with van der Waals surface area (Å²) in [5.74, 6) is 0.524. The van der Waals surface area contributed by atoms with Crippen LogP contribution in [0.2, 0.25) is 0 Å². The van der Waals surface area contributed by atoms with Gasteiger partial charge in [-0.2, -0.15) is 0 Å². The molecule has 2 atom stereocenters. The number of hydrogen-bond acceptors (Lipinski definition) is 7. The molecule has 146 valence electrons. The van der Waals surface area contributed by atoms with Crippen molar-refractivity contribution < 1.29 is 9.18 Å². The van der Waals surface area contributed by atoms with E-state index in [1.807, 2.05) is 24.4 Å². The molecule has 2 N–H and O–H groups in total. The molecule has 4 rings (SSSR count). The molecular formula is C18H21FN8O. The number of halogens is 1. The molecule has 1 fully saturated rings. The van der Waals surface area contributed by atoms with E-state index in [0.717, 1.165) is 11.3 Å². The van der Waals surface area contributed by atoms with Gasteiger partial charge in [0, 0.05) is 12.7 Å². The molecule has 28 heavy (non-hydrogen) atoms. The molecule has 0 bridgehead atoms. The lowest BCUT2D eigenvalue weighted by atomic mass is 10.2. The first-order valence-corrected chi connectivity index (χ1v) is 8.97. The van der Waals surface area contributed by atoms with Gasteiger partial charge in [-0.1, -0.05) is 0 Å². The van der Waals surface area contributed by atoms with E-state index in [1.54, 1.807) is 18.1 Å². The number of carbonyl (C=O) groups is 1. The summed E-state index contributed by atoms with van der Waals surface area (Å²) in [6.45, 7) is 4.48. The van der Waals surface area contributed by atoms with Gasteiger partial charge in [0.2, 0.25) is 0 Å². The highest BCUT2D eigenvalue weighted by molar-refractivity contribution is 6.02. The molecule has 3 aromatic rings. The lowest BCUT2D eigenvalue weighted by molar-refractivity contribution is 0.102. The van der Waals surface area contributed by atoms with Crippen molar-refractivity contribution in [3.8, 4) is 0 Å². The number of alkyl halides is 1. The van der Waals surface area contributed by atoms with Gasteiger partial charge < -0.3 is 19.9 Å². The van der Waals surface area contributed by atoms with Crippen LogP contribution in [0.4, 0.5) is 16.0 Å². The van der Waals surface area contributed by atoms with Gasteiger partial charge in [-0.15, -0.1) is 0 Å². The molecule has 1 amide bonds. The summed E-state index contributed by atoms with van der Waals surface area (Å²) in [6, 6.07) is -0.235. The van der Waals surface area contributed by atoms with Crippen molar-refractivity contribution in [2.75, 3.05) is 30.4 Å². The Morgan fingerprint density at radius 1 is 1.18 bits per heavy atom. The van der Waals surface area contributed by atoms with Crippen molar-refractivity contribution in [3.05, 3.63) is 41.9 Å². The number of rotatable bonds is 4. The van der Waals surface area contributed by atoms with E-state index >= 15 is 0 Å². The van der Waals surface area contributed by atoms with Crippen LogP contribution in [-0.2, 0) is 0 Å². The number of nitrogens with zero attached hydrogens (tertiary/aromatic N) is 6. The number of nitrogens with one attached hydrogen (secondary N) is 2. The molecule has 0 radical (unpaired) electrons. The highest BCUT2D eigenvalue weighted by atomic mass is 19.1. The lowest BCUT2D eigenvalue weighted by Gasteiger charge is -2.16. The largest absolute Gasteiger partial charge is 0.351 e. The topological polar surface area (TPSA) is 100 Å². The SMILES string of the molecule is CNC1CN(c2cnc(C(=O)Nc3cn4cc(C)nc4c(C)n3)cn2)CC1F. The van der Waals surface area contributed by atoms with Gasteiger partial charge >= 0.3 is 0 Å². The van der Waals surface area contributed by atoms with Crippen LogP contribution in [0.5, 0.6) is 0 Å². The Bertz CT molecular complexity index is 1020. The van der Waals surface area contributed by atoms with Crippen LogP contribution in [0.3, 0.4) is 0 Å². The number of hydrogen-bond donors (Lipinski definition) is 2. The van der Waals surface area contributed by atoms with Crippen molar-refractivity contribution >= 4 is 23.2 Å². The maximum absolute atomic E-state index is 13.9. The second kappa shape index (κ2) is 7.12. The number of aromatic nitrogens is 5. The minimum atomic E-state index is -0.967. The van der Waals surface area contributed by atoms with Gasteiger partial charge in [-0.25, -0.2) is 24.3 Å². The molecule has 1 aliphatic rings. The summed E-state index contributed by atoms with van der Waals surface area (Å²) in [4.78, 5) is 31.5. The van der Waals surface area contributed by atoms with E-state index < -0.39 is 12.1 Å². The van der Waals surface area contributed by atoms with Crippen LogP contribution in [0.1, 0.15) is 21.9 Å². The van der Waals surface area contributed by atoms with Crippen LogP contribution in [0.15, 0.2) is 24.8 Å². The van der Waals surface area contributed by atoms with Crippen LogP contribution in [-0.4, -0.2) is 62.6 Å². The number of amides is 1. The minimum absolute atomic E-state index is 0.159. The molecule has 2 unspecified atom stereocenters. The average Bonchev–Trinajstić information content (AvgIpc) is 3.24. The molecule has 3 aromatic heterocycles. The molecule has 0 saturated carbocycles. The molecule has 0 aliphatic carbocycles. The third kappa shape index (κ3) is 3.38. The average molecular weight is 384 g/mol. The lowest BCUT2D eigenvalue weighted by Crippen LogP contribution is -2.34. The number of likely N-dealkylation sites (N-methyl/N-ethyl adjacent to an activating group) is 1. The Kier molecular flexibility index (Phi) is 4.63. The second-order valence-electron chi connectivity index (χ2n) is 6.85. The predicted octanol–water partition coefficient (Wildman–Crippen LogP) is 1.13. The Morgan fingerprint density at radius 2 is 2.00 bits per heavy atom. The minimum Gasteiger partial charge on any atom is -0.351 e.